The van der Waals surface area contributed by atoms with Crippen molar-refractivity contribution in [3.05, 3.63) is 34.3 Å². The summed E-state index contributed by atoms with van der Waals surface area (Å²) in [5, 5.41) is 9.67. The molecule has 0 fully saturated rings. The summed E-state index contributed by atoms with van der Waals surface area (Å²) in [7, 11) is 0. The van der Waals surface area contributed by atoms with Gasteiger partial charge in [-0.1, -0.05) is 6.07 Å². The lowest BCUT2D eigenvalue weighted by molar-refractivity contribution is 0.670. The Labute approximate surface area is 110 Å². The first-order chi connectivity index (χ1) is 8.81. The van der Waals surface area contributed by atoms with Crippen LogP contribution in [0.2, 0.25) is 0 Å². The zero-order valence-corrected chi connectivity index (χ0v) is 10.9. The van der Waals surface area contributed by atoms with E-state index in [-0.39, 0.29) is 0 Å². The molecule has 0 atom stereocenters. The highest BCUT2D eigenvalue weighted by Gasteiger charge is 2.21. The van der Waals surface area contributed by atoms with Gasteiger partial charge in [0.2, 0.25) is 0 Å². The predicted octanol–water partition coefficient (Wildman–Crippen LogP) is 3.27. The average molecular weight is 257 g/mol. The molecule has 2 aromatic heterocycles. The van der Waals surface area contributed by atoms with Crippen LogP contribution >= 0.6 is 11.3 Å². The average Bonchev–Trinajstić information content (AvgIpc) is 2.90. The number of pyridine rings is 1. The van der Waals surface area contributed by atoms with Crippen LogP contribution in [0, 0.1) is 5.41 Å². The van der Waals surface area contributed by atoms with E-state index in [1.54, 1.807) is 11.3 Å². The maximum Gasteiger partial charge on any atom is 0.133 e. The van der Waals surface area contributed by atoms with E-state index in [2.05, 4.69) is 16.4 Å². The van der Waals surface area contributed by atoms with Crippen molar-refractivity contribution in [3.63, 3.8) is 0 Å². The molecule has 2 heterocycles. The van der Waals surface area contributed by atoms with Crippen molar-refractivity contribution in [2.75, 3.05) is 5.73 Å². The van der Waals surface area contributed by atoms with Crippen molar-refractivity contribution in [3.8, 4) is 10.4 Å². The highest BCUT2D eigenvalue weighted by atomic mass is 32.1. The maximum atomic E-state index is 7.60. The molecule has 18 heavy (non-hydrogen) atoms. The largest absolute Gasteiger partial charge is 0.383 e. The summed E-state index contributed by atoms with van der Waals surface area (Å²) in [4.78, 5) is 5.68. The van der Waals surface area contributed by atoms with Crippen LogP contribution in [-0.4, -0.2) is 11.2 Å². The highest BCUT2D eigenvalue weighted by molar-refractivity contribution is 7.13. The molecule has 92 valence electrons. The van der Waals surface area contributed by atoms with Crippen molar-refractivity contribution in [1.82, 2.24) is 4.98 Å². The minimum absolute atomic E-state index is 0.494. The van der Waals surface area contributed by atoms with Gasteiger partial charge in [0.05, 0.1) is 0 Å². The van der Waals surface area contributed by atoms with E-state index in [0.717, 1.165) is 29.7 Å². The van der Waals surface area contributed by atoms with Crippen LogP contribution in [0.1, 0.15) is 29.7 Å². The second-order valence-corrected chi connectivity index (χ2v) is 5.49. The molecule has 0 aliphatic heterocycles. The quantitative estimate of drug-likeness (QED) is 0.811. The van der Waals surface area contributed by atoms with Gasteiger partial charge < -0.3 is 11.1 Å². The van der Waals surface area contributed by atoms with Crippen LogP contribution in [0.25, 0.3) is 10.4 Å². The molecular formula is C14H15N3S. The van der Waals surface area contributed by atoms with Crippen molar-refractivity contribution < 1.29 is 0 Å². The molecule has 3 nitrogen and oxygen atoms in total. The summed E-state index contributed by atoms with van der Waals surface area (Å²) in [6, 6.07) is 4.14. The zero-order chi connectivity index (χ0) is 12.5. The molecule has 0 bridgehead atoms. The first kappa shape index (κ1) is 11.4. The fourth-order valence-corrected chi connectivity index (χ4v) is 3.44. The number of thiophene rings is 1. The smallest absolute Gasteiger partial charge is 0.133 e. The highest BCUT2D eigenvalue weighted by Crippen LogP contribution is 2.37. The predicted molar refractivity (Wildman–Crippen MR) is 76.5 cm³/mol. The minimum Gasteiger partial charge on any atom is -0.383 e. The fourth-order valence-electron chi connectivity index (χ4n) is 2.63. The third-order valence-corrected chi connectivity index (χ3v) is 4.34. The molecule has 0 saturated carbocycles. The minimum atomic E-state index is 0.494. The molecule has 0 spiro atoms. The lowest BCUT2D eigenvalue weighted by atomic mass is 9.89. The second-order valence-electron chi connectivity index (χ2n) is 4.54. The Kier molecular flexibility index (Phi) is 2.88. The molecule has 4 heteroatoms. The van der Waals surface area contributed by atoms with E-state index >= 15 is 0 Å². The van der Waals surface area contributed by atoms with Gasteiger partial charge in [-0.2, -0.15) is 0 Å². The first-order valence-electron chi connectivity index (χ1n) is 6.17. The molecule has 0 saturated heterocycles. The molecule has 2 aromatic rings. The number of nitrogens with zero attached hydrogens (tertiary/aromatic N) is 1. The number of aromatic nitrogens is 1. The Morgan fingerprint density at radius 2 is 2.17 bits per heavy atom. The summed E-state index contributed by atoms with van der Waals surface area (Å²) in [6.07, 6.45) is 5.79. The number of nitrogens with one attached hydrogen (secondary N) is 1. The summed E-state index contributed by atoms with van der Waals surface area (Å²) in [5.74, 6) is 0.494. The Morgan fingerprint density at radius 3 is 2.89 bits per heavy atom. The third-order valence-electron chi connectivity index (χ3n) is 3.45. The van der Waals surface area contributed by atoms with E-state index in [9.17, 15) is 0 Å². The van der Waals surface area contributed by atoms with Gasteiger partial charge in [0.25, 0.3) is 0 Å². The summed E-state index contributed by atoms with van der Waals surface area (Å²) in [6.45, 7) is 0. The van der Waals surface area contributed by atoms with Crippen molar-refractivity contribution in [2.24, 2.45) is 0 Å². The van der Waals surface area contributed by atoms with Crippen LogP contribution in [0.4, 0.5) is 5.82 Å². The summed E-state index contributed by atoms with van der Waals surface area (Å²) in [5.41, 5.74) is 10.4. The number of hydrogen-bond acceptors (Lipinski definition) is 4. The molecule has 1 aliphatic rings. The SMILES string of the molecule is N=Cc1c(N)nc2c(c1-c1cccs1)CCCC2. The van der Waals surface area contributed by atoms with Gasteiger partial charge in [0.1, 0.15) is 5.82 Å². The topological polar surface area (TPSA) is 62.8 Å². The maximum absolute atomic E-state index is 7.60. The summed E-state index contributed by atoms with van der Waals surface area (Å²) >= 11 is 1.70. The number of rotatable bonds is 2. The van der Waals surface area contributed by atoms with Gasteiger partial charge in [0.15, 0.2) is 0 Å². The van der Waals surface area contributed by atoms with Gasteiger partial charge in [-0.25, -0.2) is 4.98 Å². The number of nitrogen functional groups attached to an aromatic ring is 1. The normalized spacial score (nSPS) is 14.2. The Hall–Kier alpha value is -1.68. The van der Waals surface area contributed by atoms with Gasteiger partial charge in [0, 0.05) is 27.9 Å². The van der Waals surface area contributed by atoms with Crippen LogP contribution in [-0.2, 0) is 12.8 Å². The number of anilines is 1. The van der Waals surface area contributed by atoms with Crippen molar-refractivity contribution >= 4 is 23.4 Å². The molecule has 0 amide bonds. The van der Waals surface area contributed by atoms with Gasteiger partial charge in [-0.3, -0.25) is 0 Å². The number of hydrogen-bond donors (Lipinski definition) is 2. The van der Waals surface area contributed by atoms with Gasteiger partial charge in [-0.15, -0.1) is 11.3 Å². The molecule has 3 N–H and O–H groups in total. The van der Waals surface area contributed by atoms with Crippen LogP contribution < -0.4 is 5.73 Å². The van der Waals surface area contributed by atoms with E-state index in [1.165, 1.54) is 29.5 Å². The van der Waals surface area contributed by atoms with E-state index in [1.807, 2.05) is 6.07 Å². The lowest BCUT2D eigenvalue weighted by Crippen LogP contribution is -2.12. The molecule has 0 unspecified atom stereocenters. The monoisotopic (exact) mass is 257 g/mol. The zero-order valence-electron chi connectivity index (χ0n) is 10.1. The summed E-state index contributed by atoms with van der Waals surface area (Å²) < 4.78 is 0. The number of aryl methyl sites for hydroxylation is 1. The molecule has 1 aliphatic carbocycles. The Balaban J connectivity index is 2.32. The Bertz CT molecular complexity index is 588. The third kappa shape index (κ3) is 1.73. The number of nitrogens with two attached hydrogens (primary N) is 1. The van der Waals surface area contributed by atoms with Crippen molar-refractivity contribution in [2.45, 2.75) is 25.7 Å². The fraction of sp³-hybridized carbons (Fsp3) is 0.286. The Morgan fingerprint density at radius 1 is 1.33 bits per heavy atom. The van der Waals surface area contributed by atoms with Gasteiger partial charge >= 0.3 is 0 Å². The lowest BCUT2D eigenvalue weighted by Gasteiger charge is -2.21. The van der Waals surface area contributed by atoms with Crippen LogP contribution in [0.15, 0.2) is 17.5 Å². The van der Waals surface area contributed by atoms with E-state index in [4.69, 9.17) is 11.1 Å². The van der Waals surface area contributed by atoms with E-state index < -0.39 is 0 Å². The van der Waals surface area contributed by atoms with E-state index in [0.29, 0.717) is 5.82 Å². The molecule has 3 rings (SSSR count). The molecule has 0 aromatic carbocycles. The van der Waals surface area contributed by atoms with Crippen LogP contribution in [0.5, 0.6) is 0 Å². The van der Waals surface area contributed by atoms with Crippen molar-refractivity contribution in [1.29, 1.82) is 5.41 Å². The second kappa shape index (κ2) is 4.53. The first-order valence-corrected chi connectivity index (χ1v) is 7.05. The molecule has 0 radical (unpaired) electrons. The standard InChI is InChI=1S/C14H15N3S/c15-8-10-13(12-6-3-7-18-12)9-4-1-2-5-11(9)17-14(10)16/h3,6-8,15H,1-2,4-5H2,(H2,16,17). The molecular weight excluding hydrogens is 242 g/mol. The number of fused-ring (bicyclic) bond motifs is 1. The van der Waals surface area contributed by atoms with Gasteiger partial charge in [-0.05, 0) is 42.7 Å². The van der Waals surface area contributed by atoms with Crippen LogP contribution in [0.3, 0.4) is 0 Å².